The molecule has 1 amide bonds. The highest BCUT2D eigenvalue weighted by atomic mass is 32.1. The summed E-state index contributed by atoms with van der Waals surface area (Å²) in [5.41, 5.74) is 4.82. The number of hydrogen-bond acceptors (Lipinski definition) is 4. The molecule has 1 aromatic rings. The van der Waals surface area contributed by atoms with Gasteiger partial charge in [-0.25, -0.2) is 10.4 Å². The molecule has 1 heterocycles. The molecular formula is C6H9N3OS. The van der Waals surface area contributed by atoms with Gasteiger partial charge < -0.3 is 0 Å². The SMILES string of the molecule is CNN(C)C(=O)c1cscn1. The van der Waals surface area contributed by atoms with Gasteiger partial charge in [-0.1, -0.05) is 0 Å². The van der Waals surface area contributed by atoms with Crippen LogP contribution in [0.15, 0.2) is 10.9 Å². The van der Waals surface area contributed by atoms with Crippen molar-refractivity contribution in [2.75, 3.05) is 14.1 Å². The molecule has 0 spiro atoms. The molecule has 0 atom stereocenters. The number of nitrogens with one attached hydrogen (secondary N) is 1. The van der Waals surface area contributed by atoms with E-state index in [9.17, 15) is 4.79 Å². The van der Waals surface area contributed by atoms with Crippen LogP contribution in [-0.4, -0.2) is 30.0 Å². The first-order valence-electron chi connectivity index (χ1n) is 3.09. The summed E-state index contributed by atoms with van der Waals surface area (Å²) in [6.45, 7) is 0. The van der Waals surface area contributed by atoms with Crippen molar-refractivity contribution in [2.45, 2.75) is 0 Å². The normalized spacial score (nSPS) is 9.64. The lowest BCUT2D eigenvalue weighted by atomic mass is 10.4. The number of nitrogens with zero attached hydrogens (tertiary/aromatic N) is 2. The zero-order valence-corrected chi connectivity index (χ0v) is 7.18. The van der Waals surface area contributed by atoms with E-state index in [1.54, 1.807) is 25.0 Å². The van der Waals surface area contributed by atoms with Crippen LogP contribution in [0.2, 0.25) is 0 Å². The molecule has 0 saturated heterocycles. The van der Waals surface area contributed by atoms with Crippen molar-refractivity contribution in [1.29, 1.82) is 0 Å². The molecule has 1 aromatic heterocycles. The van der Waals surface area contributed by atoms with Gasteiger partial charge in [0.05, 0.1) is 5.51 Å². The fourth-order valence-electron chi connectivity index (χ4n) is 0.592. The maximum absolute atomic E-state index is 11.2. The standard InChI is InChI=1S/C6H9N3OS/c1-7-9(2)6(10)5-3-11-4-8-5/h3-4,7H,1-2H3. The molecule has 0 fully saturated rings. The summed E-state index contributed by atoms with van der Waals surface area (Å²) < 4.78 is 0. The third-order valence-corrected chi connectivity index (χ3v) is 1.88. The highest BCUT2D eigenvalue weighted by molar-refractivity contribution is 7.07. The van der Waals surface area contributed by atoms with E-state index in [2.05, 4.69) is 10.4 Å². The minimum Gasteiger partial charge on any atom is -0.276 e. The van der Waals surface area contributed by atoms with Crippen LogP contribution in [-0.2, 0) is 0 Å². The third-order valence-electron chi connectivity index (χ3n) is 1.29. The first kappa shape index (κ1) is 8.16. The van der Waals surface area contributed by atoms with Gasteiger partial charge in [-0.15, -0.1) is 11.3 Å². The molecule has 0 aliphatic heterocycles. The molecule has 11 heavy (non-hydrogen) atoms. The van der Waals surface area contributed by atoms with E-state index >= 15 is 0 Å². The van der Waals surface area contributed by atoms with Gasteiger partial charge in [0, 0.05) is 19.5 Å². The van der Waals surface area contributed by atoms with Crippen molar-refractivity contribution in [3.63, 3.8) is 0 Å². The van der Waals surface area contributed by atoms with Crippen LogP contribution in [0.5, 0.6) is 0 Å². The van der Waals surface area contributed by atoms with Crippen LogP contribution in [0.25, 0.3) is 0 Å². The van der Waals surface area contributed by atoms with Crippen molar-refractivity contribution >= 4 is 17.2 Å². The maximum Gasteiger partial charge on any atom is 0.287 e. The predicted molar refractivity (Wildman–Crippen MR) is 43.3 cm³/mol. The Morgan fingerprint density at radius 2 is 2.55 bits per heavy atom. The topological polar surface area (TPSA) is 45.2 Å². The number of amides is 1. The number of carbonyl (C=O) groups is 1. The summed E-state index contributed by atoms with van der Waals surface area (Å²) in [6.07, 6.45) is 0. The van der Waals surface area contributed by atoms with Crippen molar-refractivity contribution in [2.24, 2.45) is 0 Å². The van der Waals surface area contributed by atoms with Crippen molar-refractivity contribution in [3.8, 4) is 0 Å². The minimum atomic E-state index is -0.117. The Hall–Kier alpha value is -0.940. The van der Waals surface area contributed by atoms with Crippen LogP contribution >= 0.6 is 11.3 Å². The largest absolute Gasteiger partial charge is 0.287 e. The quantitative estimate of drug-likeness (QED) is 0.653. The molecule has 60 valence electrons. The Kier molecular flexibility index (Phi) is 2.56. The molecule has 0 unspecified atom stereocenters. The van der Waals surface area contributed by atoms with E-state index in [0.717, 1.165) is 0 Å². The summed E-state index contributed by atoms with van der Waals surface area (Å²) in [6, 6.07) is 0. The highest BCUT2D eigenvalue weighted by Gasteiger charge is 2.10. The summed E-state index contributed by atoms with van der Waals surface area (Å²) >= 11 is 1.41. The molecule has 5 heteroatoms. The minimum absolute atomic E-state index is 0.117. The van der Waals surface area contributed by atoms with Gasteiger partial charge in [-0.2, -0.15) is 0 Å². The van der Waals surface area contributed by atoms with E-state index in [0.29, 0.717) is 5.69 Å². The number of thiazole rings is 1. The maximum atomic E-state index is 11.2. The molecular weight excluding hydrogens is 162 g/mol. The zero-order valence-electron chi connectivity index (χ0n) is 6.37. The fourth-order valence-corrected chi connectivity index (χ4v) is 1.12. The van der Waals surface area contributed by atoms with E-state index in [1.165, 1.54) is 16.3 Å². The Labute approximate surface area is 68.8 Å². The van der Waals surface area contributed by atoms with Crippen molar-refractivity contribution < 1.29 is 4.79 Å². The van der Waals surface area contributed by atoms with E-state index in [4.69, 9.17) is 0 Å². The first-order chi connectivity index (χ1) is 5.25. The molecule has 0 radical (unpaired) electrons. The zero-order chi connectivity index (χ0) is 8.27. The van der Waals surface area contributed by atoms with Gasteiger partial charge in [0.2, 0.25) is 0 Å². The number of rotatable bonds is 2. The predicted octanol–water partition coefficient (Wildman–Crippen LogP) is 0.349. The smallest absolute Gasteiger partial charge is 0.276 e. The molecule has 0 saturated carbocycles. The second-order valence-electron chi connectivity index (χ2n) is 1.96. The lowest BCUT2D eigenvalue weighted by Gasteiger charge is -2.12. The first-order valence-corrected chi connectivity index (χ1v) is 4.03. The van der Waals surface area contributed by atoms with Gasteiger partial charge in [-0.05, 0) is 0 Å². The summed E-state index contributed by atoms with van der Waals surface area (Å²) in [5, 5.41) is 3.10. The molecule has 1 rings (SSSR count). The molecule has 0 aliphatic rings. The molecule has 0 aromatic carbocycles. The van der Waals surface area contributed by atoms with Gasteiger partial charge in [0.1, 0.15) is 5.69 Å². The van der Waals surface area contributed by atoms with Gasteiger partial charge >= 0.3 is 0 Å². The Morgan fingerprint density at radius 1 is 1.82 bits per heavy atom. The van der Waals surface area contributed by atoms with Crippen molar-refractivity contribution in [1.82, 2.24) is 15.4 Å². The lowest BCUT2D eigenvalue weighted by molar-refractivity contribution is 0.0730. The Morgan fingerprint density at radius 3 is 3.00 bits per heavy atom. The monoisotopic (exact) mass is 171 g/mol. The molecule has 4 nitrogen and oxygen atoms in total. The second-order valence-corrected chi connectivity index (χ2v) is 2.68. The molecule has 1 N–H and O–H groups in total. The van der Waals surface area contributed by atoms with E-state index in [1.807, 2.05) is 0 Å². The highest BCUT2D eigenvalue weighted by Crippen LogP contribution is 2.02. The summed E-state index contributed by atoms with van der Waals surface area (Å²) in [4.78, 5) is 15.1. The molecule has 0 bridgehead atoms. The average molecular weight is 171 g/mol. The second kappa shape index (κ2) is 3.45. The third kappa shape index (κ3) is 1.75. The van der Waals surface area contributed by atoms with Crippen LogP contribution in [0.4, 0.5) is 0 Å². The summed E-state index contributed by atoms with van der Waals surface area (Å²) in [7, 11) is 3.34. The van der Waals surface area contributed by atoms with Gasteiger partial charge in [0.25, 0.3) is 5.91 Å². The van der Waals surface area contributed by atoms with Crippen LogP contribution in [0, 0.1) is 0 Å². The Balaban J connectivity index is 2.70. The van der Waals surface area contributed by atoms with E-state index < -0.39 is 0 Å². The lowest BCUT2D eigenvalue weighted by Crippen LogP contribution is -2.36. The van der Waals surface area contributed by atoms with Crippen LogP contribution < -0.4 is 5.43 Å². The van der Waals surface area contributed by atoms with Crippen molar-refractivity contribution in [3.05, 3.63) is 16.6 Å². The number of aromatic nitrogens is 1. The van der Waals surface area contributed by atoms with Gasteiger partial charge in [-0.3, -0.25) is 9.80 Å². The average Bonchev–Trinajstić information content (AvgIpc) is 2.53. The van der Waals surface area contributed by atoms with Crippen LogP contribution in [0.1, 0.15) is 10.5 Å². The number of hydrazine groups is 1. The molecule has 0 aliphatic carbocycles. The van der Waals surface area contributed by atoms with Crippen LogP contribution in [0.3, 0.4) is 0 Å². The van der Waals surface area contributed by atoms with Gasteiger partial charge in [0.15, 0.2) is 0 Å². The Bertz CT molecular complexity index is 234. The summed E-state index contributed by atoms with van der Waals surface area (Å²) in [5.74, 6) is -0.117. The fraction of sp³-hybridized carbons (Fsp3) is 0.333. The number of hydrogen-bond donors (Lipinski definition) is 1. The number of carbonyl (C=O) groups excluding carboxylic acids is 1. The van der Waals surface area contributed by atoms with E-state index in [-0.39, 0.29) is 5.91 Å².